The van der Waals surface area contributed by atoms with Gasteiger partial charge in [0.2, 0.25) is 0 Å². The number of benzene rings is 1. The fourth-order valence-electron chi connectivity index (χ4n) is 1.96. The van der Waals surface area contributed by atoms with E-state index in [1.807, 2.05) is 24.4 Å². The Balaban J connectivity index is 2.00. The lowest BCUT2D eigenvalue weighted by Crippen LogP contribution is -2.15. The fraction of sp³-hybridized carbons (Fsp3) is 0.400. The van der Waals surface area contributed by atoms with Gasteiger partial charge in [0.05, 0.1) is 6.54 Å². The van der Waals surface area contributed by atoms with Gasteiger partial charge in [0.1, 0.15) is 18.2 Å². The number of aromatic nitrogens is 2. The number of rotatable bonds is 4. The van der Waals surface area contributed by atoms with Gasteiger partial charge in [-0.25, -0.2) is 0 Å². The predicted molar refractivity (Wildman–Crippen MR) is 77.3 cm³/mol. The summed E-state index contributed by atoms with van der Waals surface area (Å²) in [6, 6.07) is 9.94. The molecule has 0 atom stereocenters. The van der Waals surface area contributed by atoms with E-state index in [9.17, 15) is 0 Å². The van der Waals surface area contributed by atoms with Crippen LogP contribution in [0.3, 0.4) is 0 Å². The highest BCUT2D eigenvalue weighted by Crippen LogP contribution is 2.30. The summed E-state index contributed by atoms with van der Waals surface area (Å²) >= 11 is 0. The summed E-state index contributed by atoms with van der Waals surface area (Å²) in [7, 11) is 0. The van der Waals surface area contributed by atoms with Crippen LogP contribution in [0.1, 0.15) is 26.3 Å². The zero-order valence-corrected chi connectivity index (χ0v) is 11.8. The topological polar surface area (TPSA) is 53.1 Å². The van der Waals surface area contributed by atoms with Crippen molar-refractivity contribution in [3.8, 4) is 5.75 Å². The second kappa shape index (κ2) is 5.34. The standard InChI is InChI=1S/C15H21N3O/c1-15(2,3)12-6-4-5-7-13(12)19-11-10-18-9-8-14(16)17-18/h4-9H,10-11H2,1-3H3,(H2,16,17). The van der Waals surface area contributed by atoms with Crippen LogP contribution in [0.25, 0.3) is 0 Å². The minimum atomic E-state index is 0.0761. The maximum atomic E-state index is 5.88. The molecular formula is C15H21N3O. The van der Waals surface area contributed by atoms with Gasteiger partial charge < -0.3 is 10.5 Å². The van der Waals surface area contributed by atoms with Crippen molar-refractivity contribution in [2.24, 2.45) is 0 Å². The predicted octanol–water partition coefficient (Wildman–Crippen LogP) is 2.84. The summed E-state index contributed by atoms with van der Waals surface area (Å²) in [5.41, 5.74) is 6.86. The van der Waals surface area contributed by atoms with Gasteiger partial charge in [0.15, 0.2) is 0 Å². The van der Waals surface area contributed by atoms with Gasteiger partial charge in [-0.1, -0.05) is 39.0 Å². The van der Waals surface area contributed by atoms with Gasteiger partial charge in [0, 0.05) is 6.20 Å². The van der Waals surface area contributed by atoms with Crippen LogP contribution in [0, 0.1) is 0 Å². The lowest BCUT2D eigenvalue weighted by Gasteiger charge is -2.22. The van der Waals surface area contributed by atoms with Crippen molar-refractivity contribution in [1.82, 2.24) is 9.78 Å². The Morgan fingerprint density at radius 3 is 2.58 bits per heavy atom. The van der Waals surface area contributed by atoms with E-state index in [0.29, 0.717) is 19.0 Å². The molecule has 0 saturated carbocycles. The van der Waals surface area contributed by atoms with Crippen molar-refractivity contribution in [3.05, 3.63) is 42.1 Å². The molecule has 2 rings (SSSR count). The molecule has 0 radical (unpaired) electrons. The Kier molecular flexibility index (Phi) is 3.79. The summed E-state index contributed by atoms with van der Waals surface area (Å²) in [6.07, 6.45) is 1.86. The molecule has 19 heavy (non-hydrogen) atoms. The Morgan fingerprint density at radius 1 is 1.21 bits per heavy atom. The van der Waals surface area contributed by atoms with Gasteiger partial charge in [-0.3, -0.25) is 4.68 Å². The third-order valence-corrected chi connectivity index (χ3v) is 2.93. The van der Waals surface area contributed by atoms with Gasteiger partial charge in [-0.05, 0) is 23.1 Å². The number of hydrogen-bond donors (Lipinski definition) is 1. The molecule has 2 aromatic rings. The van der Waals surface area contributed by atoms with Crippen molar-refractivity contribution in [3.63, 3.8) is 0 Å². The third-order valence-electron chi connectivity index (χ3n) is 2.93. The van der Waals surface area contributed by atoms with Crippen molar-refractivity contribution in [2.45, 2.75) is 32.7 Å². The molecule has 0 amide bonds. The summed E-state index contributed by atoms with van der Waals surface area (Å²) in [5.74, 6) is 1.48. The van der Waals surface area contributed by atoms with Gasteiger partial charge in [-0.15, -0.1) is 0 Å². The van der Waals surface area contributed by atoms with Crippen LogP contribution in [0.15, 0.2) is 36.5 Å². The summed E-state index contributed by atoms with van der Waals surface area (Å²) in [4.78, 5) is 0. The van der Waals surface area contributed by atoms with Crippen LogP contribution >= 0.6 is 0 Å². The molecule has 0 aliphatic heterocycles. The normalized spacial score (nSPS) is 11.5. The van der Waals surface area contributed by atoms with Crippen molar-refractivity contribution < 1.29 is 4.74 Å². The maximum absolute atomic E-state index is 5.88. The molecule has 0 spiro atoms. The van der Waals surface area contributed by atoms with E-state index in [1.54, 1.807) is 10.7 Å². The number of anilines is 1. The molecule has 0 aliphatic carbocycles. The van der Waals surface area contributed by atoms with E-state index in [0.717, 1.165) is 5.75 Å². The zero-order valence-electron chi connectivity index (χ0n) is 11.8. The summed E-state index contributed by atoms with van der Waals surface area (Å²) in [6.45, 7) is 7.82. The Morgan fingerprint density at radius 2 is 1.95 bits per heavy atom. The zero-order chi connectivity index (χ0) is 13.9. The van der Waals surface area contributed by atoms with Crippen molar-refractivity contribution >= 4 is 5.82 Å². The maximum Gasteiger partial charge on any atom is 0.145 e. The molecule has 4 nitrogen and oxygen atoms in total. The van der Waals surface area contributed by atoms with Gasteiger partial charge >= 0.3 is 0 Å². The van der Waals surface area contributed by atoms with Gasteiger partial charge in [0.25, 0.3) is 0 Å². The molecule has 1 aromatic carbocycles. The molecule has 2 N–H and O–H groups in total. The van der Waals surface area contributed by atoms with Gasteiger partial charge in [-0.2, -0.15) is 5.10 Å². The van der Waals surface area contributed by atoms with Crippen LogP contribution in [-0.4, -0.2) is 16.4 Å². The number of hydrogen-bond acceptors (Lipinski definition) is 3. The lowest BCUT2D eigenvalue weighted by molar-refractivity contribution is 0.284. The summed E-state index contributed by atoms with van der Waals surface area (Å²) < 4.78 is 7.66. The molecule has 1 aromatic heterocycles. The van der Waals surface area contributed by atoms with Crippen LogP contribution in [0.4, 0.5) is 5.82 Å². The average Bonchev–Trinajstić information content (AvgIpc) is 2.74. The molecular weight excluding hydrogens is 238 g/mol. The lowest BCUT2D eigenvalue weighted by atomic mass is 9.86. The molecule has 4 heteroatoms. The van der Waals surface area contributed by atoms with E-state index in [4.69, 9.17) is 10.5 Å². The highest BCUT2D eigenvalue weighted by molar-refractivity contribution is 5.38. The first-order chi connectivity index (χ1) is 8.97. The van der Waals surface area contributed by atoms with Crippen LogP contribution < -0.4 is 10.5 Å². The van der Waals surface area contributed by atoms with Crippen molar-refractivity contribution in [2.75, 3.05) is 12.3 Å². The smallest absolute Gasteiger partial charge is 0.145 e. The van der Waals surface area contributed by atoms with E-state index in [1.165, 1.54) is 5.56 Å². The van der Waals surface area contributed by atoms with Crippen LogP contribution in [0.2, 0.25) is 0 Å². The number of para-hydroxylation sites is 1. The second-order valence-electron chi connectivity index (χ2n) is 5.60. The average molecular weight is 259 g/mol. The number of nitrogen functional groups attached to an aromatic ring is 1. The number of nitrogens with zero attached hydrogens (tertiary/aromatic N) is 2. The van der Waals surface area contributed by atoms with Crippen molar-refractivity contribution in [1.29, 1.82) is 0 Å². The molecule has 102 valence electrons. The Hall–Kier alpha value is -1.97. The minimum Gasteiger partial charge on any atom is -0.491 e. The number of ether oxygens (including phenoxy) is 1. The molecule has 0 fully saturated rings. The van der Waals surface area contributed by atoms with E-state index in [2.05, 4.69) is 31.9 Å². The third kappa shape index (κ3) is 3.50. The molecule has 0 unspecified atom stereocenters. The first-order valence-electron chi connectivity index (χ1n) is 6.48. The first kappa shape index (κ1) is 13.5. The summed E-state index contributed by atoms with van der Waals surface area (Å²) in [5, 5.41) is 4.13. The molecule has 1 heterocycles. The largest absolute Gasteiger partial charge is 0.491 e. The Bertz CT molecular complexity index is 540. The highest BCUT2D eigenvalue weighted by Gasteiger charge is 2.18. The molecule has 0 bridgehead atoms. The van der Waals surface area contributed by atoms with E-state index < -0.39 is 0 Å². The SMILES string of the molecule is CC(C)(C)c1ccccc1OCCn1ccc(N)n1. The highest BCUT2D eigenvalue weighted by atomic mass is 16.5. The molecule has 0 aliphatic rings. The first-order valence-corrected chi connectivity index (χ1v) is 6.48. The van der Waals surface area contributed by atoms with Crippen LogP contribution in [0.5, 0.6) is 5.75 Å². The quantitative estimate of drug-likeness (QED) is 0.918. The van der Waals surface area contributed by atoms with E-state index in [-0.39, 0.29) is 5.41 Å². The number of nitrogens with two attached hydrogens (primary N) is 1. The fourth-order valence-corrected chi connectivity index (χ4v) is 1.96. The second-order valence-corrected chi connectivity index (χ2v) is 5.60. The monoisotopic (exact) mass is 259 g/mol. The Labute approximate surface area is 114 Å². The van der Waals surface area contributed by atoms with E-state index >= 15 is 0 Å². The molecule has 0 saturated heterocycles. The minimum absolute atomic E-state index is 0.0761. The van der Waals surface area contributed by atoms with Crippen LogP contribution in [-0.2, 0) is 12.0 Å².